The first-order valence-corrected chi connectivity index (χ1v) is 13.1. The summed E-state index contributed by atoms with van der Waals surface area (Å²) >= 11 is 0. The zero-order chi connectivity index (χ0) is 26.9. The summed E-state index contributed by atoms with van der Waals surface area (Å²) in [5.74, 6) is -0.959. The molecule has 38 heavy (non-hydrogen) atoms. The van der Waals surface area contributed by atoms with E-state index in [2.05, 4.69) is 26.9 Å². The van der Waals surface area contributed by atoms with Crippen molar-refractivity contribution < 1.29 is 27.5 Å². The fourth-order valence-corrected chi connectivity index (χ4v) is 6.13. The largest absolute Gasteiger partial charge is 0.573 e. The van der Waals surface area contributed by atoms with E-state index < -0.39 is 18.0 Å². The third kappa shape index (κ3) is 5.60. The van der Waals surface area contributed by atoms with Crippen LogP contribution in [0.25, 0.3) is 0 Å². The molecule has 2 saturated heterocycles. The van der Waals surface area contributed by atoms with Gasteiger partial charge in [0.1, 0.15) is 5.75 Å². The third-order valence-electron chi connectivity index (χ3n) is 8.27. The molecule has 2 heterocycles. The Bertz CT molecular complexity index is 1160. The standard InChI is InChI=1S/C28H33F3N4O3/c1-33-13-15-34(16-14-33)22-10-8-20(9-11-22)25(36)32-18-27-12-4-5-21(27)17-35(19-27)26(37)23-6-2-3-7-24(23)38-28(29,30)31/h2-3,6-11,21H,4-5,12-19H2,1H3,(H,32,36)/t21-,27-/m0/s1. The van der Waals surface area contributed by atoms with Crippen molar-refractivity contribution in [3.63, 3.8) is 0 Å². The minimum atomic E-state index is -4.88. The SMILES string of the molecule is CN1CCN(c2ccc(C(=O)NC[C@]34CCC[C@H]3CN(C(=O)c3ccccc3OC(F)(F)F)C4)cc2)CC1. The number of likely N-dealkylation sites (tertiary alicyclic amines) is 1. The molecule has 10 heteroatoms. The molecule has 3 aliphatic rings. The number of hydrogen-bond donors (Lipinski definition) is 1. The first kappa shape index (κ1) is 26.3. The van der Waals surface area contributed by atoms with Crippen LogP contribution in [-0.2, 0) is 0 Å². The number of amides is 2. The minimum absolute atomic E-state index is 0.107. The maximum absolute atomic E-state index is 13.3. The van der Waals surface area contributed by atoms with Crippen LogP contribution in [0.3, 0.4) is 0 Å². The Morgan fingerprint density at radius 2 is 1.76 bits per heavy atom. The van der Waals surface area contributed by atoms with E-state index in [1.807, 2.05) is 24.3 Å². The van der Waals surface area contributed by atoms with Crippen molar-refractivity contribution in [2.45, 2.75) is 25.6 Å². The van der Waals surface area contributed by atoms with Gasteiger partial charge in [-0.15, -0.1) is 13.2 Å². The highest BCUT2D eigenvalue weighted by Gasteiger charge is 2.51. The summed E-state index contributed by atoms with van der Waals surface area (Å²) in [6, 6.07) is 13.1. The second kappa shape index (κ2) is 10.5. The van der Waals surface area contributed by atoms with Crippen LogP contribution in [0, 0.1) is 11.3 Å². The van der Waals surface area contributed by atoms with E-state index in [-0.39, 0.29) is 22.8 Å². The lowest BCUT2D eigenvalue weighted by atomic mass is 9.80. The van der Waals surface area contributed by atoms with Gasteiger partial charge >= 0.3 is 6.36 Å². The number of fused-ring (bicyclic) bond motifs is 1. The van der Waals surface area contributed by atoms with Crippen molar-refractivity contribution in [2.24, 2.45) is 11.3 Å². The van der Waals surface area contributed by atoms with Crippen molar-refractivity contribution >= 4 is 17.5 Å². The number of likely N-dealkylation sites (N-methyl/N-ethyl adjacent to an activating group) is 1. The Hall–Kier alpha value is -3.27. The molecular formula is C28H33F3N4O3. The summed E-state index contributed by atoms with van der Waals surface area (Å²) in [7, 11) is 2.11. The average Bonchev–Trinajstić information content (AvgIpc) is 3.45. The minimum Gasteiger partial charge on any atom is -0.405 e. The van der Waals surface area contributed by atoms with Crippen LogP contribution in [0.2, 0.25) is 0 Å². The van der Waals surface area contributed by atoms with E-state index in [1.54, 1.807) is 4.90 Å². The van der Waals surface area contributed by atoms with Crippen molar-refractivity contribution in [3.05, 3.63) is 59.7 Å². The van der Waals surface area contributed by atoms with Crippen LogP contribution in [0.1, 0.15) is 40.0 Å². The molecule has 1 N–H and O–H groups in total. The number of para-hydroxylation sites is 1. The molecule has 2 aromatic rings. The number of alkyl halides is 3. The van der Waals surface area contributed by atoms with Gasteiger partial charge in [-0.2, -0.15) is 0 Å². The van der Waals surface area contributed by atoms with Gasteiger partial charge in [0.15, 0.2) is 0 Å². The Kier molecular flexibility index (Phi) is 7.26. The molecule has 2 aromatic carbocycles. The number of anilines is 1. The van der Waals surface area contributed by atoms with Crippen LogP contribution >= 0.6 is 0 Å². The number of ether oxygens (including phenoxy) is 1. The number of nitrogens with one attached hydrogen (secondary N) is 1. The van der Waals surface area contributed by atoms with E-state index in [9.17, 15) is 22.8 Å². The van der Waals surface area contributed by atoms with E-state index in [0.29, 0.717) is 25.2 Å². The van der Waals surface area contributed by atoms with E-state index in [0.717, 1.165) is 57.2 Å². The Morgan fingerprint density at radius 1 is 1.05 bits per heavy atom. The van der Waals surface area contributed by atoms with Crippen LogP contribution in [-0.4, -0.2) is 80.8 Å². The molecule has 7 nitrogen and oxygen atoms in total. The predicted molar refractivity (Wildman–Crippen MR) is 137 cm³/mol. The van der Waals surface area contributed by atoms with Crippen LogP contribution < -0.4 is 15.0 Å². The lowest BCUT2D eigenvalue weighted by molar-refractivity contribution is -0.274. The van der Waals surface area contributed by atoms with Gasteiger partial charge in [-0.1, -0.05) is 18.6 Å². The average molecular weight is 531 g/mol. The van der Waals surface area contributed by atoms with Gasteiger partial charge in [0.05, 0.1) is 5.56 Å². The first-order valence-electron chi connectivity index (χ1n) is 13.1. The van der Waals surface area contributed by atoms with E-state index in [1.165, 1.54) is 18.2 Å². The van der Waals surface area contributed by atoms with Crippen molar-refractivity contribution in [1.82, 2.24) is 15.1 Å². The Balaban J connectivity index is 1.22. The molecule has 0 radical (unpaired) electrons. The van der Waals surface area contributed by atoms with Gasteiger partial charge in [-0.25, -0.2) is 0 Å². The molecule has 0 spiro atoms. The summed E-state index contributed by atoms with van der Waals surface area (Å²) in [5.41, 5.74) is 1.29. The highest BCUT2D eigenvalue weighted by molar-refractivity contribution is 5.97. The van der Waals surface area contributed by atoms with Crippen molar-refractivity contribution in [1.29, 1.82) is 0 Å². The first-order chi connectivity index (χ1) is 18.1. The molecule has 3 fully saturated rings. The summed E-state index contributed by atoms with van der Waals surface area (Å²) < 4.78 is 42.7. The molecule has 0 aromatic heterocycles. The quantitative estimate of drug-likeness (QED) is 0.612. The number of halogens is 3. The van der Waals surface area contributed by atoms with Crippen LogP contribution in [0.5, 0.6) is 5.75 Å². The molecule has 0 unspecified atom stereocenters. The summed E-state index contributed by atoms with van der Waals surface area (Å²) in [5, 5.41) is 3.08. The summed E-state index contributed by atoms with van der Waals surface area (Å²) in [6.07, 6.45) is -2.12. The van der Waals surface area contributed by atoms with E-state index >= 15 is 0 Å². The monoisotopic (exact) mass is 530 g/mol. The Labute approximate surface area is 220 Å². The molecule has 2 atom stereocenters. The topological polar surface area (TPSA) is 65.1 Å². The fraction of sp³-hybridized carbons (Fsp3) is 0.500. The number of benzene rings is 2. The molecule has 2 aliphatic heterocycles. The predicted octanol–water partition coefficient (Wildman–Crippen LogP) is 4.01. The number of carbonyl (C=O) groups is 2. The van der Waals surface area contributed by atoms with Gasteiger partial charge < -0.3 is 24.8 Å². The highest BCUT2D eigenvalue weighted by Crippen LogP contribution is 2.49. The highest BCUT2D eigenvalue weighted by atomic mass is 19.4. The molecule has 0 bridgehead atoms. The van der Waals surface area contributed by atoms with Gasteiger partial charge in [0, 0.05) is 62.5 Å². The van der Waals surface area contributed by atoms with Crippen molar-refractivity contribution in [2.75, 3.05) is 57.8 Å². The number of carbonyl (C=O) groups excluding carboxylic acids is 2. The van der Waals surface area contributed by atoms with Gasteiger partial charge in [0.25, 0.3) is 11.8 Å². The normalized spacial score (nSPS) is 23.8. The molecular weight excluding hydrogens is 497 g/mol. The molecule has 204 valence electrons. The Morgan fingerprint density at radius 3 is 2.47 bits per heavy atom. The van der Waals surface area contributed by atoms with E-state index in [4.69, 9.17) is 0 Å². The maximum Gasteiger partial charge on any atom is 0.573 e. The lowest BCUT2D eigenvalue weighted by Gasteiger charge is -2.34. The zero-order valence-electron chi connectivity index (χ0n) is 21.5. The second-order valence-corrected chi connectivity index (χ2v) is 10.7. The summed E-state index contributed by atoms with van der Waals surface area (Å²) in [6.45, 7) is 5.18. The fourth-order valence-electron chi connectivity index (χ4n) is 6.13. The second-order valence-electron chi connectivity index (χ2n) is 10.7. The molecule has 5 rings (SSSR count). The van der Waals surface area contributed by atoms with Gasteiger partial charge in [-0.05, 0) is 62.2 Å². The van der Waals surface area contributed by atoms with Gasteiger partial charge in [0.2, 0.25) is 0 Å². The maximum atomic E-state index is 13.3. The number of piperazine rings is 1. The lowest BCUT2D eigenvalue weighted by Crippen LogP contribution is -2.44. The van der Waals surface area contributed by atoms with Crippen LogP contribution in [0.4, 0.5) is 18.9 Å². The number of hydrogen-bond acceptors (Lipinski definition) is 5. The molecule has 1 aliphatic carbocycles. The smallest absolute Gasteiger partial charge is 0.405 e. The molecule has 1 saturated carbocycles. The zero-order valence-corrected chi connectivity index (χ0v) is 21.5. The third-order valence-corrected chi connectivity index (χ3v) is 8.27. The number of nitrogens with zero attached hydrogens (tertiary/aromatic N) is 3. The van der Waals surface area contributed by atoms with Gasteiger partial charge in [-0.3, -0.25) is 9.59 Å². The van der Waals surface area contributed by atoms with Crippen molar-refractivity contribution in [3.8, 4) is 5.75 Å². The summed E-state index contributed by atoms with van der Waals surface area (Å²) in [4.78, 5) is 32.5. The number of rotatable bonds is 6. The van der Waals surface area contributed by atoms with Crippen LogP contribution in [0.15, 0.2) is 48.5 Å². The molecule has 2 amide bonds.